The number of hydrogen-bond acceptors (Lipinski definition) is 5. The Kier molecular flexibility index (Phi) is 6.36. The van der Waals surface area contributed by atoms with Crippen LogP contribution >= 0.6 is 0 Å². The van der Waals surface area contributed by atoms with E-state index < -0.39 is 0 Å². The van der Waals surface area contributed by atoms with Gasteiger partial charge in [-0.15, -0.1) is 0 Å². The van der Waals surface area contributed by atoms with E-state index in [1.54, 1.807) is 20.4 Å². The molecule has 1 amide bonds. The Hall–Kier alpha value is -3.54. The number of benzene rings is 3. The van der Waals surface area contributed by atoms with Crippen LogP contribution in [0.3, 0.4) is 0 Å². The summed E-state index contributed by atoms with van der Waals surface area (Å²) in [5.41, 5.74) is 1.72. The fourth-order valence-corrected chi connectivity index (χ4v) is 3.95. The molecule has 4 rings (SSSR count). The molecular formula is C25H27N3O3. The number of nitrogens with one attached hydrogen (secondary N) is 1. The minimum Gasteiger partial charge on any atom is -0.493 e. The van der Waals surface area contributed by atoms with Crippen molar-refractivity contribution < 1.29 is 14.3 Å². The van der Waals surface area contributed by atoms with Crippen LogP contribution < -0.4 is 14.8 Å². The predicted molar refractivity (Wildman–Crippen MR) is 124 cm³/mol. The van der Waals surface area contributed by atoms with E-state index in [-0.39, 0.29) is 11.9 Å². The number of hydrogen-bond donors (Lipinski definition) is 1. The molecule has 0 bridgehead atoms. The molecule has 1 atom stereocenters. The lowest BCUT2D eigenvalue weighted by molar-refractivity contribution is -0.122. The average Bonchev–Trinajstić information content (AvgIpc) is 2.83. The average molecular weight is 418 g/mol. The summed E-state index contributed by atoms with van der Waals surface area (Å²) in [6.45, 7) is 0.747. The Bertz CT molecular complexity index is 1090. The van der Waals surface area contributed by atoms with Crippen LogP contribution in [0.15, 0.2) is 65.8 Å². The van der Waals surface area contributed by atoms with E-state index in [1.807, 2.05) is 65.7 Å². The largest absolute Gasteiger partial charge is 0.493 e. The van der Waals surface area contributed by atoms with Gasteiger partial charge in [-0.3, -0.25) is 9.80 Å². The van der Waals surface area contributed by atoms with Gasteiger partial charge in [0.15, 0.2) is 11.5 Å². The molecule has 1 unspecified atom stereocenters. The first kappa shape index (κ1) is 20.7. The summed E-state index contributed by atoms with van der Waals surface area (Å²) in [4.78, 5) is 13.2. The number of methoxy groups -OCH3 is 2. The summed E-state index contributed by atoms with van der Waals surface area (Å²) in [5.74, 6) is 1.29. The third-order valence-corrected chi connectivity index (χ3v) is 5.59. The van der Waals surface area contributed by atoms with E-state index in [0.29, 0.717) is 11.5 Å². The molecule has 0 saturated carbocycles. The van der Waals surface area contributed by atoms with E-state index in [4.69, 9.17) is 9.47 Å². The maximum atomic E-state index is 13.2. The number of nitrogens with zero attached hydrogens (tertiary/aromatic N) is 2. The molecule has 1 N–H and O–H groups in total. The Balaban J connectivity index is 1.52. The third kappa shape index (κ3) is 4.63. The fraction of sp³-hybridized carbons (Fsp3) is 0.280. The van der Waals surface area contributed by atoms with E-state index in [1.165, 1.54) is 0 Å². The van der Waals surface area contributed by atoms with Crippen LogP contribution in [-0.2, 0) is 4.79 Å². The van der Waals surface area contributed by atoms with Gasteiger partial charge in [-0.2, -0.15) is 5.10 Å². The van der Waals surface area contributed by atoms with Crippen molar-refractivity contribution in [2.75, 3.05) is 26.1 Å². The molecule has 6 heteroatoms. The van der Waals surface area contributed by atoms with E-state index in [0.717, 1.165) is 47.8 Å². The quantitative estimate of drug-likeness (QED) is 0.592. The van der Waals surface area contributed by atoms with E-state index in [2.05, 4.69) is 10.4 Å². The summed E-state index contributed by atoms with van der Waals surface area (Å²) < 4.78 is 10.7. The number of rotatable bonds is 6. The SMILES string of the molecule is COc1ccc(/C=N/N2CCCCC2C(=O)Nc2cccc3ccccc23)cc1OC. The number of piperidine rings is 1. The van der Waals surface area contributed by atoms with Gasteiger partial charge in [0, 0.05) is 17.6 Å². The number of fused-ring (bicyclic) bond motifs is 1. The number of hydrazone groups is 1. The van der Waals surface area contributed by atoms with E-state index in [9.17, 15) is 4.79 Å². The normalized spacial score (nSPS) is 16.5. The predicted octanol–water partition coefficient (Wildman–Crippen LogP) is 4.68. The molecule has 1 heterocycles. The van der Waals surface area contributed by atoms with Crippen LogP contribution in [0.4, 0.5) is 5.69 Å². The van der Waals surface area contributed by atoms with Crippen molar-refractivity contribution in [3.05, 3.63) is 66.2 Å². The molecule has 1 aliphatic rings. The van der Waals surface area contributed by atoms with E-state index >= 15 is 0 Å². The summed E-state index contributed by atoms with van der Waals surface area (Å²) in [6, 6.07) is 19.3. The number of carbonyl (C=O) groups is 1. The third-order valence-electron chi connectivity index (χ3n) is 5.59. The second-order valence-electron chi connectivity index (χ2n) is 7.55. The Morgan fingerprint density at radius 3 is 2.68 bits per heavy atom. The molecule has 6 nitrogen and oxygen atoms in total. The van der Waals surface area contributed by atoms with Gasteiger partial charge in [-0.25, -0.2) is 0 Å². The zero-order valence-electron chi connectivity index (χ0n) is 17.9. The van der Waals surface area contributed by atoms with Crippen molar-refractivity contribution in [1.82, 2.24) is 5.01 Å². The molecule has 3 aromatic carbocycles. The van der Waals surface area contributed by atoms with Gasteiger partial charge in [0.2, 0.25) is 5.91 Å². The summed E-state index contributed by atoms with van der Waals surface area (Å²) in [7, 11) is 3.22. The monoisotopic (exact) mass is 417 g/mol. The summed E-state index contributed by atoms with van der Waals surface area (Å²) in [5, 5.41) is 11.8. The first-order chi connectivity index (χ1) is 15.2. The number of anilines is 1. The lowest BCUT2D eigenvalue weighted by Gasteiger charge is -2.32. The second kappa shape index (κ2) is 9.51. The number of carbonyl (C=O) groups excluding carboxylic acids is 1. The lowest BCUT2D eigenvalue weighted by Crippen LogP contribution is -2.44. The zero-order valence-corrected chi connectivity index (χ0v) is 17.9. The van der Waals surface area contributed by atoms with Crippen molar-refractivity contribution >= 4 is 28.6 Å². The molecule has 0 aliphatic carbocycles. The maximum Gasteiger partial charge on any atom is 0.248 e. The zero-order chi connectivity index (χ0) is 21.6. The highest BCUT2D eigenvalue weighted by Crippen LogP contribution is 2.28. The first-order valence-electron chi connectivity index (χ1n) is 10.5. The van der Waals surface area contributed by atoms with Crippen molar-refractivity contribution in [1.29, 1.82) is 0 Å². The highest BCUT2D eigenvalue weighted by Gasteiger charge is 2.28. The summed E-state index contributed by atoms with van der Waals surface area (Å²) in [6.07, 6.45) is 4.57. The Morgan fingerprint density at radius 2 is 1.84 bits per heavy atom. The standard InChI is InChI=1S/C25H27N3O3/c1-30-23-14-13-18(16-24(23)31-2)17-26-28-15-6-5-12-22(28)25(29)27-21-11-7-9-19-8-3-4-10-20(19)21/h3-4,7-11,13-14,16-17,22H,5-6,12,15H2,1-2H3,(H,27,29)/b26-17+. The van der Waals surface area contributed by atoms with Crippen molar-refractivity contribution in [3.8, 4) is 11.5 Å². The van der Waals surface area contributed by atoms with Crippen molar-refractivity contribution in [2.24, 2.45) is 5.10 Å². The minimum atomic E-state index is -0.302. The van der Waals surface area contributed by atoms with Crippen LogP contribution in [0.25, 0.3) is 10.8 Å². The van der Waals surface area contributed by atoms with Crippen LogP contribution in [0, 0.1) is 0 Å². The topological polar surface area (TPSA) is 63.2 Å². The van der Waals surface area contributed by atoms with Crippen molar-refractivity contribution in [2.45, 2.75) is 25.3 Å². The van der Waals surface area contributed by atoms with Gasteiger partial charge in [0.25, 0.3) is 0 Å². The molecule has 3 aromatic rings. The molecule has 160 valence electrons. The molecule has 1 fully saturated rings. The van der Waals surface area contributed by atoms with Gasteiger partial charge < -0.3 is 14.8 Å². The molecule has 0 spiro atoms. The van der Waals surface area contributed by atoms with Gasteiger partial charge in [0.05, 0.1) is 20.4 Å². The molecule has 31 heavy (non-hydrogen) atoms. The minimum absolute atomic E-state index is 0.0273. The summed E-state index contributed by atoms with van der Waals surface area (Å²) >= 11 is 0. The fourth-order valence-electron chi connectivity index (χ4n) is 3.95. The van der Waals surface area contributed by atoms with Gasteiger partial charge in [-0.1, -0.05) is 36.4 Å². The van der Waals surface area contributed by atoms with Crippen LogP contribution in [0.2, 0.25) is 0 Å². The van der Waals surface area contributed by atoms with Gasteiger partial charge in [-0.05, 0) is 54.5 Å². The first-order valence-corrected chi connectivity index (χ1v) is 10.5. The Morgan fingerprint density at radius 1 is 1.03 bits per heavy atom. The molecule has 0 aromatic heterocycles. The molecule has 0 radical (unpaired) electrons. The highest BCUT2D eigenvalue weighted by atomic mass is 16.5. The Labute approximate surface area is 182 Å². The lowest BCUT2D eigenvalue weighted by atomic mass is 10.0. The van der Waals surface area contributed by atoms with Crippen LogP contribution in [-0.4, -0.2) is 43.9 Å². The number of ether oxygens (including phenoxy) is 2. The maximum absolute atomic E-state index is 13.2. The van der Waals surface area contributed by atoms with Crippen LogP contribution in [0.5, 0.6) is 11.5 Å². The highest BCUT2D eigenvalue weighted by molar-refractivity contribution is 6.03. The van der Waals surface area contributed by atoms with Gasteiger partial charge in [0.1, 0.15) is 6.04 Å². The second-order valence-corrected chi connectivity index (χ2v) is 7.55. The molecule has 1 saturated heterocycles. The van der Waals surface area contributed by atoms with Gasteiger partial charge >= 0.3 is 0 Å². The number of amides is 1. The smallest absolute Gasteiger partial charge is 0.248 e. The molecular weight excluding hydrogens is 390 g/mol. The van der Waals surface area contributed by atoms with Crippen LogP contribution in [0.1, 0.15) is 24.8 Å². The molecule has 1 aliphatic heterocycles. The van der Waals surface area contributed by atoms with Crippen molar-refractivity contribution in [3.63, 3.8) is 0 Å².